The molecular weight excluding hydrogens is 715 g/mol. The summed E-state index contributed by atoms with van der Waals surface area (Å²) in [5.41, 5.74) is 0. The van der Waals surface area contributed by atoms with Crippen molar-refractivity contribution in [2.45, 2.75) is 231 Å². The Bertz CT molecular complexity index is 989. The maximum Gasteiger partial charge on any atom is 0.362 e. The van der Waals surface area contributed by atoms with Crippen LogP contribution in [0.4, 0.5) is 0 Å². The minimum absolute atomic E-state index is 0.0527. The van der Waals surface area contributed by atoms with Crippen LogP contribution < -0.4 is 0 Å². The minimum Gasteiger partial charge on any atom is -0.477 e. The standard InChI is InChI=1S/C49H91NO7/c1-6-8-10-12-14-16-18-20-22-23-24-26-28-30-32-34-36-38-40-48(52)57-45(43-55-42-41-46(49(53)54)50(3,4)5)44-56-47(51)39-37-35-33-31-29-27-25-21-19-17-15-13-11-9-7-2/h15,17,19,21,45-46H,6-14,16,18,20,22-44H2,1-5H3/p+1/b17-15+,21-19+. The number of esters is 2. The van der Waals surface area contributed by atoms with Crippen molar-refractivity contribution in [1.29, 1.82) is 0 Å². The summed E-state index contributed by atoms with van der Waals surface area (Å²) in [4.78, 5) is 37.0. The molecule has 0 aromatic rings. The van der Waals surface area contributed by atoms with Crippen LogP contribution in [-0.2, 0) is 28.6 Å². The molecule has 1 N–H and O–H groups in total. The molecule has 57 heavy (non-hydrogen) atoms. The lowest BCUT2D eigenvalue weighted by molar-refractivity contribution is -0.887. The molecule has 0 saturated heterocycles. The Morgan fingerprint density at radius 1 is 0.526 bits per heavy atom. The van der Waals surface area contributed by atoms with Crippen LogP contribution in [0.1, 0.15) is 219 Å². The van der Waals surface area contributed by atoms with Gasteiger partial charge < -0.3 is 23.8 Å². The van der Waals surface area contributed by atoms with Crippen LogP contribution in [0.25, 0.3) is 0 Å². The maximum absolute atomic E-state index is 12.8. The Morgan fingerprint density at radius 2 is 0.912 bits per heavy atom. The van der Waals surface area contributed by atoms with E-state index in [1.165, 1.54) is 141 Å². The normalized spacial score (nSPS) is 13.1. The lowest BCUT2D eigenvalue weighted by Crippen LogP contribution is -2.50. The zero-order valence-electron chi connectivity index (χ0n) is 38.1. The van der Waals surface area contributed by atoms with Crippen molar-refractivity contribution in [3.63, 3.8) is 0 Å². The van der Waals surface area contributed by atoms with Crippen LogP contribution in [0.3, 0.4) is 0 Å². The van der Waals surface area contributed by atoms with Crippen molar-refractivity contribution >= 4 is 17.9 Å². The molecule has 0 saturated carbocycles. The zero-order chi connectivity index (χ0) is 42.1. The van der Waals surface area contributed by atoms with Crippen molar-refractivity contribution in [3.8, 4) is 0 Å². The summed E-state index contributed by atoms with van der Waals surface area (Å²) in [5, 5.41) is 9.63. The van der Waals surface area contributed by atoms with Gasteiger partial charge in [0.2, 0.25) is 0 Å². The van der Waals surface area contributed by atoms with Crippen LogP contribution in [-0.4, -0.2) is 80.6 Å². The number of likely N-dealkylation sites (N-methyl/N-ethyl adjacent to an activating group) is 1. The monoisotopic (exact) mass is 807 g/mol. The van der Waals surface area contributed by atoms with Crippen LogP contribution in [0, 0.1) is 0 Å². The van der Waals surface area contributed by atoms with Crippen molar-refractivity contribution in [1.82, 2.24) is 0 Å². The van der Waals surface area contributed by atoms with Gasteiger partial charge in [-0.05, 0) is 38.5 Å². The number of carbonyl (C=O) groups excluding carboxylic acids is 2. The third-order valence-corrected chi connectivity index (χ3v) is 10.9. The van der Waals surface area contributed by atoms with Gasteiger partial charge in [0.05, 0.1) is 34.4 Å². The lowest BCUT2D eigenvalue weighted by atomic mass is 10.0. The number of allylic oxidation sites excluding steroid dienone is 4. The zero-order valence-corrected chi connectivity index (χ0v) is 38.1. The van der Waals surface area contributed by atoms with Crippen LogP contribution in [0.2, 0.25) is 0 Å². The molecule has 0 radical (unpaired) electrons. The predicted molar refractivity (Wildman–Crippen MR) is 238 cm³/mol. The largest absolute Gasteiger partial charge is 0.477 e. The Hall–Kier alpha value is -2.19. The molecule has 8 nitrogen and oxygen atoms in total. The second-order valence-electron chi connectivity index (χ2n) is 17.4. The first-order valence-corrected chi connectivity index (χ1v) is 23.9. The fourth-order valence-electron chi connectivity index (χ4n) is 7.14. The van der Waals surface area contributed by atoms with Gasteiger partial charge >= 0.3 is 17.9 Å². The Kier molecular flexibility index (Phi) is 39.0. The van der Waals surface area contributed by atoms with Gasteiger partial charge in [-0.2, -0.15) is 0 Å². The van der Waals surface area contributed by atoms with E-state index in [1.54, 1.807) is 0 Å². The molecule has 2 unspecified atom stereocenters. The predicted octanol–water partition coefficient (Wildman–Crippen LogP) is 13.3. The number of nitrogens with zero attached hydrogens (tertiary/aromatic N) is 1. The van der Waals surface area contributed by atoms with E-state index in [0.29, 0.717) is 19.3 Å². The molecule has 0 heterocycles. The molecule has 0 fully saturated rings. The third-order valence-electron chi connectivity index (χ3n) is 10.9. The highest BCUT2D eigenvalue weighted by Crippen LogP contribution is 2.16. The second kappa shape index (κ2) is 40.6. The summed E-state index contributed by atoms with van der Waals surface area (Å²) in [6, 6.07) is -0.613. The number of quaternary nitrogens is 1. The topological polar surface area (TPSA) is 99.1 Å². The van der Waals surface area contributed by atoms with E-state index in [-0.39, 0.29) is 36.2 Å². The van der Waals surface area contributed by atoms with Crippen molar-refractivity contribution in [3.05, 3.63) is 24.3 Å². The quantitative estimate of drug-likeness (QED) is 0.0283. The van der Waals surface area contributed by atoms with E-state index in [2.05, 4.69) is 38.2 Å². The number of unbranched alkanes of at least 4 members (excludes halogenated alkanes) is 26. The average molecular weight is 807 g/mol. The van der Waals surface area contributed by atoms with Gasteiger partial charge in [0.15, 0.2) is 12.1 Å². The number of hydrogen-bond donors (Lipinski definition) is 1. The summed E-state index contributed by atoms with van der Waals surface area (Å²) in [7, 11) is 5.53. The smallest absolute Gasteiger partial charge is 0.362 e. The lowest BCUT2D eigenvalue weighted by Gasteiger charge is -2.31. The highest BCUT2D eigenvalue weighted by Gasteiger charge is 2.31. The van der Waals surface area contributed by atoms with Gasteiger partial charge in [-0.25, -0.2) is 4.79 Å². The number of carboxylic acid groups (broad SMARTS) is 1. The Balaban J connectivity index is 4.28. The van der Waals surface area contributed by atoms with Gasteiger partial charge in [-0.3, -0.25) is 9.59 Å². The average Bonchev–Trinajstić information content (AvgIpc) is 3.17. The molecule has 0 rings (SSSR count). The molecule has 0 aliphatic heterocycles. The number of ether oxygens (including phenoxy) is 3. The summed E-state index contributed by atoms with van der Waals surface area (Å²) in [5.74, 6) is -1.47. The highest BCUT2D eigenvalue weighted by molar-refractivity contribution is 5.72. The Morgan fingerprint density at radius 3 is 1.35 bits per heavy atom. The van der Waals surface area contributed by atoms with Gasteiger partial charge in [-0.1, -0.05) is 186 Å². The number of carbonyl (C=O) groups is 3. The van der Waals surface area contributed by atoms with Crippen LogP contribution in [0.5, 0.6) is 0 Å². The highest BCUT2D eigenvalue weighted by atomic mass is 16.6. The van der Waals surface area contributed by atoms with E-state index in [4.69, 9.17) is 14.2 Å². The van der Waals surface area contributed by atoms with E-state index < -0.39 is 18.1 Å². The summed E-state index contributed by atoms with van der Waals surface area (Å²) >= 11 is 0. The molecule has 8 heteroatoms. The molecule has 0 bridgehead atoms. The molecule has 2 atom stereocenters. The molecule has 0 aromatic heterocycles. The van der Waals surface area contributed by atoms with Crippen molar-refractivity contribution in [2.24, 2.45) is 0 Å². The number of rotatable bonds is 43. The maximum atomic E-state index is 12.8. The van der Waals surface area contributed by atoms with Gasteiger partial charge in [0, 0.05) is 19.3 Å². The van der Waals surface area contributed by atoms with Gasteiger partial charge in [-0.15, -0.1) is 0 Å². The fraction of sp³-hybridized carbons (Fsp3) is 0.857. The van der Waals surface area contributed by atoms with Crippen LogP contribution >= 0.6 is 0 Å². The summed E-state index contributed by atoms with van der Waals surface area (Å²) in [6.07, 6.45) is 45.0. The number of carboxylic acids is 1. The van der Waals surface area contributed by atoms with E-state index in [0.717, 1.165) is 44.9 Å². The molecule has 0 aliphatic carbocycles. The molecule has 0 amide bonds. The molecule has 0 spiro atoms. The summed E-state index contributed by atoms with van der Waals surface area (Å²) in [6.45, 7) is 4.72. The molecular formula is C49H92NO7+. The number of aliphatic carboxylic acids is 1. The Labute approximate surface area is 351 Å². The van der Waals surface area contributed by atoms with Crippen LogP contribution in [0.15, 0.2) is 24.3 Å². The SMILES string of the molecule is CCCCC/C=C/C=C/CCCCCCCCC(=O)OCC(COCCC(C(=O)O)[N+](C)(C)C)OC(=O)CCCCCCCCCCCCCCCCCCCC. The fourth-order valence-corrected chi connectivity index (χ4v) is 7.14. The van der Waals surface area contributed by atoms with E-state index in [1.807, 2.05) is 21.1 Å². The number of hydrogen-bond acceptors (Lipinski definition) is 6. The molecule has 0 aromatic carbocycles. The molecule has 0 aliphatic rings. The minimum atomic E-state index is -0.874. The summed E-state index contributed by atoms with van der Waals surface area (Å²) < 4.78 is 17.3. The van der Waals surface area contributed by atoms with Gasteiger partial charge in [0.1, 0.15) is 6.61 Å². The van der Waals surface area contributed by atoms with E-state index in [9.17, 15) is 19.5 Å². The second-order valence-corrected chi connectivity index (χ2v) is 17.4. The van der Waals surface area contributed by atoms with Crippen molar-refractivity contribution in [2.75, 3.05) is 41.0 Å². The first kappa shape index (κ1) is 54.8. The van der Waals surface area contributed by atoms with Gasteiger partial charge in [0.25, 0.3) is 0 Å². The molecule has 334 valence electrons. The first-order chi connectivity index (χ1) is 27.6. The van der Waals surface area contributed by atoms with E-state index >= 15 is 0 Å². The van der Waals surface area contributed by atoms with Crippen molar-refractivity contribution < 1.29 is 38.2 Å². The first-order valence-electron chi connectivity index (χ1n) is 23.9. The third kappa shape index (κ3) is 39.1.